The summed E-state index contributed by atoms with van der Waals surface area (Å²) in [5, 5.41) is 3.82. The van der Waals surface area contributed by atoms with Gasteiger partial charge in [-0.1, -0.05) is 22.4 Å². The number of hydrogen-bond donors (Lipinski definition) is 2. The standard InChI is InChI=1S/C19H18BrN3OS/c20-12-6-8-13(9-7-12)22-18(24)17-16(21)14-10-11-4-2-1-3-5-15(11)23-19(14)25-17/h6-10H,1-5,21H2,(H,22,24). The van der Waals surface area contributed by atoms with Gasteiger partial charge in [0.05, 0.1) is 5.69 Å². The predicted molar refractivity (Wildman–Crippen MR) is 107 cm³/mol. The van der Waals surface area contributed by atoms with Crippen LogP contribution in [0.1, 0.15) is 40.2 Å². The maximum Gasteiger partial charge on any atom is 0.267 e. The lowest BCUT2D eigenvalue weighted by Crippen LogP contribution is -2.11. The SMILES string of the molecule is Nc1c(C(=O)Nc2ccc(Br)cc2)sc2nc3c(cc12)CCCCC3. The molecule has 1 amide bonds. The minimum Gasteiger partial charge on any atom is -0.397 e. The van der Waals surface area contributed by atoms with Gasteiger partial charge < -0.3 is 11.1 Å². The van der Waals surface area contributed by atoms with Gasteiger partial charge in [0.25, 0.3) is 5.91 Å². The lowest BCUT2D eigenvalue weighted by molar-refractivity contribution is 0.103. The highest BCUT2D eigenvalue weighted by molar-refractivity contribution is 9.10. The average molecular weight is 416 g/mol. The summed E-state index contributed by atoms with van der Waals surface area (Å²) in [7, 11) is 0. The van der Waals surface area contributed by atoms with E-state index < -0.39 is 0 Å². The molecule has 2 aromatic heterocycles. The highest BCUT2D eigenvalue weighted by Crippen LogP contribution is 2.35. The normalized spacial score (nSPS) is 14.1. The fraction of sp³-hybridized carbons (Fsp3) is 0.263. The number of nitrogen functional groups attached to an aromatic ring is 1. The zero-order valence-corrected chi connectivity index (χ0v) is 16.0. The molecule has 0 radical (unpaired) electrons. The topological polar surface area (TPSA) is 68.0 Å². The number of rotatable bonds is 2. The third-order valence-corrected chi connectivity index (χ3v) is 6.20. The zero-order chi connectivity index (χ0) is 17.4. The van der Waals surface area contributed by atoms with Crippen molar-refractivity contribution in [2.75, 3.05) is 11.1 Å². The number of aromatic nitrogens is 1. The maximum atomic E-state index is 12.6. The Hall–Kier alpha value is -1.92. The molecule has 1 aliphatic rings. The van der Waals surface area contributed by atoms with Crippen LogP contribution in [0.3, 0.4) is 0 Å². The van der Waals surface area contributed by atoms with Crippen molar-refractivity contribution >= 4 is 54.8 Å². The fourth-order valence-electron chi connectivity index (χ4n) is 3.23. The lowest BCUT2D eigenvalue weighted by atomic mass is 10.1. The van der Waals surface area contributed by atoms with E-state index in [1.807, 2.05) is 24.3 Å². The maximum absolute atomic E-state index is 12.6. The largest absolute Gasteiger partial charge is 0.397 e. The van der Waals surface area contributed by atoms with Crippen molar-refractivity contribution in [3.8, 4) is 0 Å². The molecule has 25 heavy (non-hydrogen) atoms. The van der Waals surface area contributed by atoms with Crippen LogP contribution in [0.4, 0.5) is 11.4 Å². The summed E-state index contributed by atoms with van der Waals surface area (Å²) in [5.74, 6) is -0.182. The van der Waals surface area contributed by atoms with Crippen LogP contribution in [0, 0.1) is 0 Å². The van der Waals surface area contributed by atoms with E-state index in [4.69, 9.17) is 10.7 Å². The number of nitrogens with two attached hydrogens (primary N) is 1. The molecule has 0 bridgehead atoms. The van der Waals surface area contributed by atoms with Crippen LogP contribution in [-0.2, 0) is 12.8 Å². The highest BCUT2D eigenvalue weighted by atomic mass is 79.9. The Kier molecular flexibility index (Phi) is 4.48. The van der Waals surface area contributed by atoms with E-state index >= 15 is 0 Å². The number of thiophene rings is 1. The third-order valence-electron chi connectivity index (χ3n) is 4.56. The number of nitrogens with one attached hydrogen (secondary N) is 1. The second kappa shape index (κ2) is 6.77. The van der Waals surface area contributed by atoms with Gasteiger partial charge in [-0.05, 0) is 61.6 Å². The molecule has 0 atom stereocenters. The zero-order valence-electron chi connectivity index (χ0n) is 13.6. The Bertz CT molecular complexity index is 949. The fourth-order valence-corrected chi connectivity index (χ4v) is 4.48. The van der Waals surface area contributed by atoms with Crippen LogP contribution in [0.25, 0.3) is 10.2 Å². The molecular weight excluding hydrogens is 398 g/mol. The minimum atomic E-state index is -0.182. The summed E-state index contributed by atoms with van der Waals surface area (Å²) in [6.45, 7) is 0. The first-order chi connectivity index (χ1) is 12.1. The first kappa shape index (κ1) is 16.5. The van der Waals surface area contributed by atoms with Crippen LogP contribution < -0.4 is 11.1 Å². The number of aryl methyl sites for hydroxylation is 2. The first-order valence-corrected chi connectivity index (χ1v) is 10.0. The van der Waals surface area contributed by atoms with E-state index in [1.54, 1.807) is 0 Å². The van der Waals surface area contributed by atoms with E-state index in [9.17, 15) is 4.79 Å². The summed E-state index contributed by atoms with van der Waals surface area (Å²) in [5.41, 5.74) is 10.0. The van der Waals surface area contributed by atoms with Crippen LogP contribution in [-0.4, -0.2) is 10.9 Å². The molecule has 3 N–H and O–H groups in total. The Labute approximate surface area is 158 Å². The summed E-state index contributed by atoms with van der Waals surface area (Å²) < 4.78 is 0.970. The van der Waals surface area contributed by atoms with Crippen molar-refractivity contribution in [1.82, 2.24) is 4.98 Å². The summed E-state index contributed by atoms with van der Waals surface area (Å²) in [6, 6.07) is 9.63. The number of amides is 1. The predicted octanol–water partition coefficient (Wildman–Crippen LogP) is 5.16. The quantitative estimate of drug-likeness (QED) is 0.567. The molecule has 2 heterocycles. The molecule has 6 heteroatoms. The number of benzene rings is 1. The monoisotopic (exact) mass is 415 g/mol. The van der Waals surface area contributed by atoms with Crippen molar-refractivity contribution in [2.45, 2.75) is 32.1 Å². The molecule has 0 spiro atoms. The van der Waals surface area contributed by atoms with Crippen LogP contribution in [0.2, 0.25) is 0 Å². The van der Waals surface area contributed by atoms with E-state index in [2.05, 4.69) is 27.3 Å². The van der Waals surface area contributed by atoms with Gasteiger partial charge in [-0.25, -0.2) is 4.98 Å². The molecule has 4 nitrogen and oxygen atoms in total. The number of halogens is 1. The second-order valence-electron chi connectivity index (χ2n) is 6.31. The second-order valence-corrected chi connectivity index (χ2v) is 8.23. The molecule has 0 saturated carbocycles. The summed E-state index contributed by atoms with van der Waals surface area (Å²) in [4.78, 5) is 18.8. The molecule has 128 valence electrons. The first-order valence-electron chi connectivity index (χ1n) is 8.39. The molecule has 1 aliphatic carbocycles. The van der Waals surface area contributed by atoms with Gasteiger partial charge in [0.2, 0.25) is 0 Å². The highest BCUT2D eigenvalue weighted by Gasteiger charge is 2.20. The van der Waals surface area contributed by atoms with Crippen LogP contribution >= 0.6 is 27.3 Å². The van der Waals surface area contributed by atoms with E-state index in [0.29, 0.717) is 10.6 Å². The number of hydrogen-bond acceptors (Lipinski definition) is 4. The Balaban J connectivity index is 1.68. The van der Waals surface area contributed by atoms with E-state index in [-0.39, 0.29) is 5.91 Å². The van der Waals surface area contributed by atoms with Crippen molar-refractivity contribution < 1.29 is 4.79 Å². The number of carbonyl (C=O) groups is 1. The lowest BCUT2D eigenvalue weighted by Gasteiger charge is -2.05. The van der Waals surface area contributed by atoms with Crippen LogP contribution in [0.15, 0.2) is 34.8 Å². The van der Waals surface area contributed by atoms with Crippen LogP contribution in [0.5, 0.6) is 0 Å². The third kappa shape index (κ3) is 3.28. The number of anilines is 2. The Morgan fingerprint density at radius 1 is 1.16 bits per heavy atom. The number of pyridine rings is 1. The summed E-state index contributed by atoms with van der Waals surface area (Å²) in [6.07, 6.45) is 5.70. The van der Waals surface area contributed by atoms with Crippen molar-refractivity contribution in [2.24, 2.45) is 0 Å². The molecule has 0 fully saturated rings. The molecule has 3 aromatic rings. The molecular formula is C19H18BrN3OS. The van der Waals surface area contributed by atoms with E-state index in [1.165, 1.54) is 41.9 Å². The molecule has 0 saturated heterocycles. The van der Waals surface area contributed by atoms with Gasteiger partial charge in [-0.15, -0.1) is 11.3 Å². The van der Waals surface area contributed by atoms with Gasteiger partial charge in [0.1, 0.15) is 9.71 Å². The van der Waals surface area contributed by atoms with Gasteiger partial charge in [-0.2, -0.15) is 0 Å². The smallest absolute Gasteiger partial charge is 0.267 e. The Morgan fingerprint density at radius 2 is 1.92 bits per heavy atom. The number of fused-ring (bicyclic) bond motifs is 2. The van der Waals surface area contributed by atoms with E-state index in [0.717, 1.165) is 33.2 Å². The number of carbonyl (C=O) groups excluding carboxylic acids is 1. The Morgan fingerprint density at radius 3 is 2.72 bits per heavy atom. The minimum absolute atomic E-state index is 0.182. The van der Waals surface area contributed by atoms with Gasteiger partial charge >= 0.3 is 0 Å². The molecule has 0 unspecified atom stereocenters. The molecule has 1 aromatic carbocycles. The van der Waals surface area contributed by atoms with Crippen molar-refractivity contribution in [3.05, 3.63) is 50.9 Å². The molecule has 4 rings (SSSR count). The van der Waals surface area contributed by atoms with Crippen molar-refractivity contribution in [3.63, 3.8) is 0 Å². The van der Waals surface area contributed by atoms with Gasteiger partial charge in [-0.3, -0.25) is 4.79 Å². The van der Waals surface area contributed by atoms with Gasteiger partial charge in [0, 0.05) is 21.2 Å². The number of nitrogens with zero attached hydrogens (tertiary/aromatic N) is 1. The molecule has 0 aliphatic heterocycles. The average Bonchev–Trinajstić information content (AvgIpc) is 2.78. The summed E-state index contributed by atoms with van der Waals surface area (Å²) >= 11 is 4.77. The van der Waals surface area contributed by atoms with Gasteiger partial charge in [0.15, 0.2) is 0 Å². The van der Waals surface area contributed by atoms with Crippen molar-refractivity contribution in [1.29, 1.82) is 0 Å².